The zero-order chi connectivity index (χ0) is 14.1. The number of nitrogens with zero attached hydrogens (tertiary/aromatic N) is 2. The van der Waals surface area contributed by atoms with Gasteiger partial charge in [-0.25, -0.2) is 4.98 Å². The fourth-order valence-corrected chi connectivity index (χ4v) is 2.54. The highest BCUT2D eigenvalue weighted by Gasteiger charge is 2.11. The summed E-state index contributed by atoms with van der Waals surface area (Å²) in [5.41, 5.74) is 3.07. The van der Waals surface area contributed by atoms with Gasteiger partial charge in [0.05, 0.1) is 12.9 Å². The van der Waals surface area contributed by atoms with Crippen molar-refractivity contribution in [2.24, 2.45) is 0 Å². The first-order valence-corrected chi connectivity index (χ1v) is 6.64. The fraction of sp³-hybridized carbons (Fsp3) is 0.176. The standard InChI is InChI=1S/C17H16N2O/c1-12-3-5-15-13(2)16(6-4-14(15)9-12)17(20)10-19-8-7-18-11-19/h3-9,11H,10H2,1-2H3. The number of benzene rings is 2. The average molecular weight is 264 g/mol. The Morgan fingerprint density at radius 1 is 1.20 bits per heavy atom. The predicted molar refractivity (Wildman–Crippen MR) is 80.0 cm³/mol. The van der Waals surface area contributed by atoms with Crippen LogP contribution in [0.1, 0.15) is 21.5 Å². The second-order valence-electron chi connectivity index (χ2n) is 5.12. The lowest BCUT2D eigenvalue weighted by Crippen LogP contribution is -2.10. The van der Waals surface area contributed by atoms with Gasteiger partial charge in [-0.2, -0.15) is 0 Å². The normalized spacial score (nSPS) is 10.9. The van der Waals surface area contributed by atoms with E-state index in [9.17, 15) is 4.79 Å². The maximum atomic E-state index is 12.4. The summed E-state index contributed by atoms with van der Waals surface area (Å²) in [6, 6.07) is 10.3. The number of hydrogen-bond acceptors (Lipinski definition) is 2. The number of ketones is 1. The number of carbonyl (C=O) groups excluding carboxylic acids is 1. The summed E-state index contributed by atoms with van der Waals surface area (Å²) in [5.74, 6) is 0.114. The third kappa shape index (κ3) is 2.23. The maximum absolute atomic E-state index is 12.4. The Kier molecular flexibility index (Phi) is 3.11. The van der Waals surface area contributed by atoms with Crippen LogP contribution >= 0.6 is 0 Å². The lowest BCUT2D eigenvalue weighted by atomic mass is 9.96. The second-order valence-corrected chi connectivity index (χ2v) is 5.12. The van der Waals surface area contributed by atoms with E-state index in [0.717, 1.165) is 16.5 Å². The number of carbonyl (C=O) groups is 1. The monoisotopic (exact) mass is 264 g/mol. The summed E-state index contributed by atoms with van der Waals surface area (Å²) in [6.45, 7) is 4.42. The highest BCUT2D eigenvalue weighted by Crippen LogP contribution is 2.23. The van der Waals surface area contributed by atoms with Gasteiger partial charge in [0, 0.05) is 18.0 Å². The van der Waals surface area contributed by atoms with Gasteiger partial charge >= 0.3 is 0 Å². The molecular formula is C17H16N2O. The SMILES string of the molecule is Cc1ccc2c(C)c(C(=O)Cn3ccnc3)ccc2c1. The van der Waals surface area contributed by atoms with Crippen LogP contribution in [0.25, 0.3) is 10.8 Å². The number of fused-ring (bicyclic) bond motifs is 1. The van der Waals surface area contributed by atoms with Crippen LogP contribution < -0.4 is 0 Å². The molecule has 0 amide bonds. The van der Waals surface area contributed by atoms with Crippen LogP contribution in [0.3, 0.4) is 0 Å². The largest absolute Gasteiger partial charge is 0.330 e. The van der Waals surface area contributed by atoms with E-state index >= 15 is 0 Å². The molecule has 2 aromatic carbocycles. The van der Waals surface area contributed by atoms with Gasteiger partial charge in [-0.15, -0.1) is 0 Å². The zero-order valence-corrected chi connectivity index (χ0v) is 11.6. The minimum atomic E-state index is 0.114. The maximum Gasteiger partial charge on any atom is 0.182 e. The van der Waals surface area contributed by atoms with Crippen LogP contribution in [0.15, 0.2) is 49.1 Å². The molecule has 0 spiro atoms. The van der Waals surface area contributed by atoms with Crippen LogP contribution in [0.2, 0.25) is 0 Å². The summed E-state index contributed by atoms with van der Waals surface area (Å²) in [4.78, 5) is 16.4. The van der Waals surface area contributed by atoms with Gasteiger partial charge in [0.15, 0.2) is 5.78 Å². The predicted octanol–water partition coefficient (Wildman–Crippen LogP) is 3.54. The topological polar surface area (TPSA) is 34.9 Å². The van der Waals surface area contributed by atoms with Crippen molar-refractivity contribution in [2.75, 3.05) is 0 Å². The molecule has 1 heterocycles. The van der Waals surface area contributed by atoms with E-state index in [1.807, 2.05) is 19.1 Å². The summed E-state index contributed by atoms with van der Waals surface area (Å²) in [5, 5.41) is 2.33. The molecule has 3 nitrogen and oxygen atoms in total. The Hall–Kier alpha value is -2.42. The van der Waals surface area contributed by atoms with E-state index < -0.39 is 0 Å². The van der Waals surface area contributed by atoms with Gasteiger partial charge in [0.1, 0.15) is 0 Å². The van der Waals surface area contributed by atoms with Gasteiger partial charge in [0.2, 0.25) is 0 Å². The number of imidazole rings is 1. The van der Waals surface area contributed by atoms with Crippen LogP contribution in [0.5, 0.6) is 0 Å². The Morgan fingerprint density at radius 3 is 2.80 bits per heavy atom. The molecule has 3 rings (SSSR count). The Labute approximate surface area is 117 Å². The van der Waals surface area contributed by atoms with Crippen LogP contribution in [-0.2, 0) is 6.54 Å². The molecule has 0 bridgehead atoms. The van der Waals surface area contributed by atoms with Crippen molar-refractivity contribution in [2.45, 2.75) is 20.4 Å². The van der Waals surface area contributed by atoms with E-state index in [4.69, 9.17) is 0 Å². The van der Waals surface area contributed by atoms with Crippen molar-refractivity contribution >= 4 is 16.6 Å². The summed E-state index contributed by atoms with van der Waals surface area (Å²) >= 11 is 0. The number of aryl methyl sites for hydroxylation is 2. The minimum Gasteiger partial charge on any atom is -0.330 e. The first-order valence-electron chi connectivity index (χ1n) is 6.64. The van der Waals surface area contributed by atoms with Crippen molar-refractivity contribution in [1.82, 2.24) is 9.55 Å². The number of aromatic nitrogens is 2. The molecule has 0 aliphatic heterocycles. The molecule has 100 valence electrons. The lowest BCUT2D eigenvalue weighted by Gasteiger charge is -2.09. The van der Waals surface area contributed by atoms with Crippen LogP contribution in [0.4, 0.5) is 0 Å². The second kappa shape index (κ2) is 4.93. The molecule has 0 saturated heterocycles. The van der Waals surface area contributed by atoms with Crippen LogP contribution in [0, 0.1) is 13.8 Å². The molecule has 20 heavy (non-hydrogen) atoms. The number of Topliss-reactive ketones (excluding diaryl/α,β-unsaturated/α-hetero) is 1. The van der Waals surface area contributed by atoms with Gasteiger partial charge < -0.3 is 4.57 Å². The fourth-order valence-electron chi connectivity index (χ4n) is 2.54. The average Bonchev–Trinajstić information content (AvgIpc) is 2.91. The summed E-state index contributed by atoms with van der Waals surface area (Å²) in [7, 11) is 0. The molecule has 0 N–H and O–H groups in total. The van der Waals surface area contributed by atoms with Gasteiger partial charge in [0.25, 0.3) is 0 Å². The highest BCUT2D eigenvalue weighted by atomic mass is 16.1. The molecule has 3 heteroatoms. The first-order chi connectivity index (χ1) is 9.65. The van der Waals surface area contributed by atoms with Crippen LogP contribution in [-0.4, -0.2) is 15.3 Å². The van der Waals surface area contributed by atoms with Crippen molar-refractivity contribution in [3.63, 3.8) is 0 Å². The zero-order valence-electron chi connectivity index (χ0n) is 11.6. The molecular weight excluding hydrogens is 248 g/mol. The quantitative estimate of drug-likeness (QED) is 0.678. The summed E-state index contributed by atoms with van der Waals surface area (Å²) < 4.78 is 1.79. The Balaban J connectivity index is 2.01. The molecule has 0 unspecified atom stereocenters. The molecule has 0 saturated carbocycles. The molecule has 0 radical (unpaired) electrons. The third-order valence-corrected chi connectivity index (χ3v) is 3.63. The van der Waals surface area contributed by atoms with Crippen molar-refractivity contribution in [3.8, 4) is 0 Å². The molecule has 0 aliphatic carbocycles. The van der Waals surface area contributed by atoms with Crippen molar-refractivity contribution < 1.29 is 4.79 Å². The molecule has 1 aromatic heterocycles. The molecule has 0 fully saturated rings. The van der Waals surface area contributed by atoms with Gasteiger partial charge in [-0.1, -0.05) is 35.9 Å². The number of hydrogen-bond donors (Lipinski definition) is 0. The molecule has 3 aromatic rings. The first kappa shape index (κ1) is 12.6. The van der Waals surface area contributed by atoms with E-state index in [-0.39, 0.29) is 5.78 Å². The lowest BCUT2D eigenvalue weighted by molar-refractivity contribution is 0.0971. The highest BCUT2D eigenvalue weighted by molar-refractivity contribution is 6.02. The minimum absolute atomic E-state index is 0.114. The number of rotatable bonds is 3. The van der Waals surface area contributed by atoms with E-state index in [2.05, 4.69) is 30.1 Å². The van der Waals surface area contributed by atoms with Crippen molar-refractivity contribution in [3.05, 3.63) is 65.7 Å². The Morgan fingerprint density at radius 2 is 2.05 bits per heavy atom. The smallest absolute Gasteiger partial charge is 0.182 e. The van der Waals surface area contributed by atoms with Gasteiger partial charge in [-0.3, -0.25) is 4.79 Å². The molecule has 0 atom stereocenters. The van der Waals surface area contributed by atoms with Crippen molar-refractivity contribution in [1.29, 1.82) is 0 Å². The van der Waals surface area contributed by atoms with Gasteiger partial charge in [-0.05, 0) is 30.2 Å². The van der Waals surface area contributed by atoms with E-state index in [1.165, 1.54) is 10.9 Å². The van der Waals surface area contributed by atoms with E-state index in [1.54, 1.807) is 23.3 Å². The van der Waals surface area contributed by atoms with E-state index in [0.29, 0.717) is 6.54 Å². The Bertz CT molecular complexity index is 773. The third-order valence-electron chi connectivity index (χ3n) is 3.63. The molecule has 0 aliphatic rings. The summed E-state index contributed by atoms with van der Waals surface area (Å²) in [6.07, 6.45) is 5.15.